The number of fused-ring (bicyclic) bond motifs is 2. The molecule has 2 amide bonds. The van der Waals surface area contributed by atoms with Gasteiger partial charge in [0.25, 0.3) is 5.91 Å². The Bertz CT molecular complexity index is 1400. The van der Waals surface area contributed by atoms with Gasteiger partial charge in [-0.1, -0.05) is 11.6 Å². The van der Waals surface area contributed by atoms with Crippen molar-refractivity contribution in [2.24, 2.45) is 11.8 Å². The molecule has 2 aliphatic rings. The van der Waals surface area contributed by atoms with E-state index in [0.29, 0.717) is 12.8 Å². The lowest BCUT2D eigenvalue weighted by molar-refractivity contribution is -0.133. The minimum atomic E-state index is -4.02. The molecular formula is C28H33ClF2N2O6S. The van der Waals surface area contributed by atoms with Gasteiger partial charge in [-0.2, -0.15) is 0 Å². The number of hydrogen-bond donors (Lipinski definition) is 3. The Labute approximate surface area is 237 Å². The van der Waals surface area contributed by atoms with Crippen LogP contribution in [0.5, 0.6) is 0 Å². The number of ether oxygens (including phenoxy) is 1. The Hall–Kier alpha value is -2.60. The maximum absolute atomic E-state index is 13.7. The third kappa shape index (κ3) is 6.17. The van der Waals surface area contributed by atoms with E-state index >= 15 is 0 Å². The van der Waals surface area contributed by atoms with Crippen LogP contribution in [-0.4, -0.2) is 55.4 Å². The van der Waals surface area contributed by atoms with Gasteiger partial charge in [-0.25, -0.2) is 17.2 Å². The van der Waals surface area contributed by atoms with Crippen LogP contribution in [0.2, 0.25) is 5.02 Å². The number of halogens is 3. The zero-order valence-corrected chi connectivity index (χ0v) is 24.0. The average Bonchev–Trinajstić information content (AvgIpc) is 3.05. The predicted molar refractivity (Wildman–Crippen MR) is 146 cm³/mol. The van der Waals surface area contributed by atoms with Crippen molar-refractivity contribution in [2.75, 3.05) is 19.0 Å². The summed E-state index contributed by atoms with van der Waals surface area (Å²) in [5.41, 5.74) is -1.91. The summed E-state index contributed by atoms with van der Waals surface area (Å²) in [5.74, 6) is -4.05. The smallest absolute Gasteiger partial charge is 0.255 e. The van der Waals surface area contributed by atoms with Gasteiger partial charge in [0, 0.05) is 31.0 Å². The molecule has 2 aliphatic carbocycles. The first kappa shape index (κ1) is 30.4. The summed E-state index contributed by atoms with van der Waals surface area (Å²) in [5, 5.41) is 15.8. The van der Waals surface area contributed by atoms with Gasteiger partial charge >= 0.3 is 0 Å². The molecule has 0 heterocycles. The van der Waals surface area contributed by atoms with Crippen LogP contribution in [0.15, 0.2) is 41.3 Å². The minimum Gasteiger partial charge on any atom is -0.389 e. The number of sulfone groups is 1. The molecule has 0 spiro atoms. The lowest BCUT2D eigenvalue weighted by atomic mass is 9.72. The zero-order chi connectivity index (χ0) is 29.5. The lowest BCUT2D eigenvalue weighted by Crippen LogP contribution is -2.51. The first-order chi connectivity index (χ1) is 18.7. The van der Waals surface area contributed by atoms with Crippen LogP contribution in [0.1, 0.15) is 56.3 Å². The van der Waals surface area contributed by atoms with E-state index in [2.05, 4.69) is 10.6 Å². The molecule has 2 fully saturated rings. The molecule has 4 rings (SSSR count). The van der Waals surface area contributed by atoms with Crippen LogP contribution in [0.25, 0.3) is 0 Å². The number of amides is 2. The number of hydrogen-bond acceptors (Lipinski definition) is 6. The van der Waals surface area contributed by atoms with Crippen molar-refractivity contribution in [3.05, 3.63) is 58.6 Å². The number of benzene rings is 2. The Kier molecular flexibility index (Phi) is 8.61. The van der Waals surface area contributed by atoms with Crippen molar-refractivity contribution in [1.29, 1.82) is 0 Å². The fraction of sp³-hybridized carbons (Fsp3) is 0.500. The summed E-state index contributed by atoms with van der Waals surface area (Å²) in [6.07, 6.45) is 1.35. The summed E-state index contributed by atoms with van der Waals surface area (Å²) >= 11 is 6.29. The van der Waals surface area contributed by atoms with Crippen molar-refractivity contribution >= 4 is 38.9 Å². The highest BCUT2D eigenvalue weighted by Gasteiger charge is 2.56. The highest BCUT2D eigenvalue weighted by molar-refractivity contribution is 7.92. The molecule has 2 aromatic carbocycles. The molecule has 1 unspecified atom stereocenters. The maximum Gasteiger partial charge on any atom is 0.255 e. The molecule has 0 aliphatic heterocycles. The third-order valence-electron chi connectivity index (χ3n) is 8.20. The van der Waals surface area contributed by atoms with Gasteiger partial charge in [0.05, 0.1) is 32.8 Å². The normalized spacial score (nSPS) is 24.5. The quantitative estimate of drug-likeness (QED) is 0.391. The van der Waals surface area contributed by atoms with Gasteiger partial charge in [-0.05, 0) is 81.7 Å². The highest BCUT2D eigenvalue weighted by atomic mass is 35.5. The van der Waals surface area contributed by atoms with Crippen LogP contribution in [0.4, 0.5) is 14.5 Å². The number of nitrogens with one attached hydrogen (secondary N) is 2. The first-order valence-electron chi connectivity index (χ1n) is 13.0. The van der Waals surface area contributed by atoms with E-state index in [1.807, 2.05) is 13.8 Å². The molecule has 218 valence electrons. The number of carbonyl (C=O) groups excluding carboxylic acids is 2. The Balaban J connectivity index is 1.49. The molecule has 0 saturated heterocycles. The number of carbonyl (C=O) groups is 2. The van der Waals surface area contributed by atoms with E-state index in [1.165, 1.54) is 24.3 Å². The molecule has 2 bridgehead atoms. The third-order valence-corrected chi connectivity index (χ3v) is 10.9. The van der Waals surface area contributed by atoms with E-state index in [-0.39, 0.29) is 52.9 Å². The number of aliphatic hydroxyl groups is 1. The Morgan fingerprint density at radius 1 is 1.10 bits per heavy atom. The summed E-state index contributed by atoms with van der Waals surface area (Å²) in [7, 11) is -2.48. The van der Waals surface area contributed by atoms with Crippen LogP contribution in [0.3, 0.4) is 0 Å². The topological polar surface area (TPSA) is 122 Å². The fourth-order valence-corrected chi connectivity index (χ4v) is 8.08. The van der Waals surface area contributed by atoms with Gasteiger partial charge in [0.1, 0.15) is 0 Å². The monoisotopic (exact) mass is 598 g/mol. The van der Waals surface area contributed by atoms with Crippen LogP contribution in [0, 0.1) is 23.5 Å². The van der Waals surface area contributed by atoms with Crippen molar-refractivity contribution < 1.29 is 36.6 Å². The second-order valence-corrected chi connectivity index (χ2v) is 13.9. The van der Waals surface area contributed by atoms with Crippen molar-refractivity contribution in [2.45, 2.75) is 67.3 Å². The van der Waals surface area contributed by atoms with E-state index in [0.717, 1.165) is 12.1 Å². The molecule has 2 aromatic rings. The van der Waals surface area contributed by atoms with Crippen molar-refractivity contribution in [3.63, 3.8) is 0 Å². The van der Waals surface area contributed by atoms with Crippen molar-refractivity contribution in [1.82, 2.24) is 5.32 Å². The molecule has 0 radical (unpaired) electrons. The van der Waals surface area contributed by atoms with Crippen molar-refractivity contribution in [3.8, 4) is 0 Å². The van der Waals surface area contributed by atoms with E-state index in [1.54, 1.807) is 7.11 Å². The molecule has 2 saturated carbocycles. The van der Waals surface area contributed by atoms with E-state index < -0.39 is 55.7 Å². The average molecular weight is 599 g/mol. The van der Waals surface area contributed by atoms with Crippen LogP contribution < -0.4 is 10.6 Å². The van der Waals surface area contributed by atoms with Crippen LogP contribution >= 0.6 is 11.6 Å². The summed E-state index contributed by atoms with van der Waals surface area (Å²) in [4.78, 5) is 25.2. The fourth-order valence-electron chi connectivity index (χ4n) is 5.68. The molecule has 40 heavy (non-hydrogen) atoms. The molecule has 12 heteroatoms. The van der Waals surface area contributed by atoms with E-state index in [4.69, 9.17) is 16.3 Å². The maximum atomic E-state index is 13.7. The summed E-state index contributed by atoms with van der Waals surface area (Å²) < 4.78 is 59.5. The Morgan fingerprint density at radius 2 is 1.75 bits per heavy atom. The Morgan fingerprint density at radius 3 is 2.35 bits per heavy atom. The first-order valence-corrected chi connectivity index (χ1v) is 14.9. The van der Waals surface area contributed by atoms with Gasteiger partial charge in [0.2, 0.25) is 5.91 Å². The summed E-state index contributed by atoms with van der Waals surface area (Å²) in [6.45, 7) is 3.92. The second kappa shape index (κ2) is 11.3. The largest absolute Gasteiger partial charge is 0.389 e. The molecular weight excluding hydrogens is 566 g/mol. The highest BCUT2D eigenvalue weighted by Crippen LogP contribution is 2.53. The lowest BCUT2D eigenvalue weighted by Gasteiger charge is -2.42. The molecule has 4 atom stereocenters. The molecule has 8 nitrogen and oxygen atoms in total. The number of anilines is 1. The number of rotatable bonds is 9. The standard InChI is InChI=1S/C28H33ClF2N2O6S/c1-27(2,39-3)15-32-25(34)14-28(36)17-5-6-18(28)12-20(11-17)40(37,38)24-10-16(4-8-21(24)29)26(35)33-19-7-9-22(30)23(31)13-19/h4,7-10,13,17-18,20,36H,5-6,11-12,14-15H2,1-3H3,(H,32,34)(H,33,35)/t17-,18?,20-,28-/m0/s1. The molecule has 3 N–H and O–H groups in total. The van der Waals surface area contributed by atoms with E-state index in [9.17, 15) is 31.9 Å². The SMILES string of the molecule is COC(C)(C)CNC(=O)C[C@@]1(O)C2CC[C@H]1C[C@H](S(=O)(=O)c1cc(C(=O)Nc3ccc(F)c(F)c3)ccc1Cl)C2. The zero-order valence-electron chi connectivity index (χ0n) is 22.5. The minimum absolute atomic E-state index is 0.00113. The second-order valence-electron chi connectivity index (χ2n) is 11.2. The summed E-state index contributed by atoms with van der Waals surface area (Å²) in [6, 6.07) is 6.67. The van der Waals surface area contributed by atoms with Gasteiger partial charge in [-0.15, -0.1) is 0 Å². The molecule has 0 aromatic heterocycles. The predicted octanol–water partition coefficient (Wildman–Crippen LogP) is 4.50. The van der Waals surface area contributed by atoms with Gasteiger partial charge in [-0.3, -0.25) is 9.59 Å². The van der Waals surface area contributed by atoms with Gasteiger partial charge < -0.3 is 20.5 Å². The number of methoxy groups -OCH3 is 1. The van der Waals surface area contributed by atoms with Gasteiger partial charge in [0.15, 0.2) is 21.5 Å². The van der Waals surface area contributed by atoms with Crippen LogP contribution in [-0.2, 0) is 19.4 Å².